The standard InChI is InChI=1S/C6H4BrNO5S/c7-4-1-5(8(9)10)3-6(2-4)14(11,12)13/h1-3H,(H,11,12,13). The minimum atomic E-state index is -4.42. The van der Waals surface area contributed by atoms with Crippen molar-refractivity contribution in [2.24, 2.45) is 0 Å². The summed E-state index contributed by atoms with van der Waals surface area (Å²) in [5.41, 5.74) is -0.410. The summed E-state index contributed by atoms with van der Waals surface area (Å²) in [5, 5.41) is 10.3. The summed E-state index contributed by atoms with van der Waals surface area (Å²) in [7, 11) is -4.42. The molecule has 1 N–H and O–H groups in total. The molecular weight excluding hydrogens is 278 g/mol. The first kappa shape index (κ1) is 11.1. The summed E-state index contributed by atoms with van der Waals surface area (Å²) in [6.45, 7) is 0. The van der Waals surface area contributed by atoms with Gasteiger partial charge in [0.25, 0.3) is 15.8 Å². The third-order valence-corrected chi connectivity index (χ3v) is 2.65. The minimum absolute atomic E-state index is 0.208. The Balaban J connectivity index is 3.43. The number of hydrogen-bond acceptors (Lipinski definition) is 4. The molecule has 14 heavy (non-hydrogen) atoms. The number of nitro groups is 1. The fourth-order valence-corrected chi connectivity index (χ4v) is 1.98. The van der Waals surface area contributed by atoms with Gasteiger partial charge in [-0.25, -0.2) is 0 Å². The molecule has 0 radical (unpaired) electrons. The lowest BCUT2D eigenvalue weighted by molar-refractivity contribution is -0.385. The second-order valence-corrected chi connectivity index (χ2v) is 4.71. The van der Waals surface area contributed by atoms with Gasteiger partial charge in [0.2, 0.25) is 0 Å². The predicted octanol–water partition coefficient (Wildman–Crippen LogP) is 1.60. The van der Waals surface area contributed by atoms with Crippen molar-refractivity contribution in [1.82, 2.24) is 0 Å². The normalized spacial score (nSPS) is 11.3. The molecule has 0 saturated heterocycles. The van der Waals surface area contributed by atoms with Crippen molar-refractivity contribution in [3.63, 3.8) is 0 Å². The first-order valence-corrected chi connectivity index (χ1v) is 5.46. The molecule has 6 nitrogen and oxygen atoms in total. The molecule has 0 saturated carbocycles. The molecule has 0 amide bonds. The second-order valence-electron chi connectivity index (χ2n) is 2.38. The van der Waals surface area contributed by atoms with Gasteiger partial charge in [-0.15, -0.1) is 0 Å². The highest BCUT2D eigenvalue weighted by Gasteiger charge is 2.16. The molecule has 0 spiro atoms. The average Bonchev–Trinajstić information content (AvgIpc) is 2.01. The van der Waals surface area contributed by atoms with E-state index >= 15 is 0 Å². The quantitative estimate of drug-likeness (QED) is 0.504. The van der Waals surface area contributed by atoms with Crippen LogP contribution >= 0.6 is 15.9 Å². The van der Waals surface area contributed by atoms with E-state index in [1.165, 1.54) is 0 Å². The van der Waals surface area contributed by atoms with Gasteiger partial charge in [0, 0.05) is 16.6 Å². The van der Waals surface area contributed by atoms with Crippen LogP contribution in [0, 0.1) is 10.1 Å². The van der Waals surface area contributed by atoms with Gasteiger partial charge in [-0.3, -0.25) is 14.7 Å². The maximum atomic E-state index is 10.7. The van der Waals surface area contributed by atoms with E-state index in [2.05, 4.69) is 15.9 Å². The van der Waals surface area contributed by atoms with E-state index in [0.29, 0.717) is 0 Å². The van der Waals surface area contributed by atoms with Crippen LogP contribution in [0.2, 0.25) is 0 Å². The molecule has 0 unspecified atom stereocenters. The van der Waals surface area contributed by atoms with E-state index < -0.39 is 25.6 Å². The molecule has 0 aliphatic carbocycles. The molecule has 0 bridgehead atoms. The smallest absolute Gasteiger partial charge is 0.282 e. The van der Waals surface area contributed by atoms with Gasteiger partial charge in [-0.05, 0) is 6.07 Å². The van der Waals surface area contributed by atoms with Gasteiger partial charge in [-0.1, -0.05) is 15.9 Å². The number of non-ortho nitro benzene ring substituents is 1. The van der Waals surface area contributed by atoms with Crippen LogP contribution in [0.4, 0.5) is 5.69 Å². The van der Waals surface area contributed by atoms with Crippen molar-refractivity contribution in [3.8, 4) is 0 Å². The van der Waals surface area contributed by atoms with Gasteiger partial charge in [0.05, 0.1) is 4.92 Å². The highest BCUT2D eigenvalue weighted by atomic mass is 79.9. The fourth-order valence-electron chi connectivity index (χ4n) is 0.802. The molecule has 8 heteroatoms. The van der Waals surface area contributed by atoms with Crippen LogP contribution in [0.3, 0.4) is 0 Å². The zero-order valence-corrected chi connectivity index (χ0v) is 8.95. The van der Waals surface area contributed by atoms with Crippen molar-refractivity contribution in [2.75, 3.05) is 0 Å². The predicted molar refractivity (Wildman–Crippen MR) is 50.6 cm³/mol. The van der Waals surface area contributed by atoms with Crippen LogP contribution < -0.4 is 0 Å². The molecule has 0 fully saturated rings. The molecule has 1 aromatic carbocycles. The maximum Gasteiger partial charge on any atom is 0.294 e. The van der Waals surface area contributed by atoms with Crippen LogP contribution in [0.5, 0.6) is 0 Å². The molecule has 0 heterocycles. The maximum absolute atomic E-state index is 10.7. The Kier molecular flexibility index (Phi) is 2.88. The van der Waals surface area contributed by atoms with Crippen LogP contribution in [0.1, 0.15) is 0 Å². The first-order valence-electron chi connectivity index (χ1n) is 3.23. The van der Waals surface area contributed by atoms with Crippen LogP contribution in [0.25, 0.3) is 0 Å². The number of hydrogen-bond donors (Lipinski definition) is 1. The zero-order chi connectivity index (χ0) is 10.9. The molecule has 0 atom stereocenters. The topological polar surface area (TPSA) is 97.5 Å². The lowest BCUT2D eigenvalue weighted by Gasteiger charge is -1.98. The largest absolute Gasteiger partial charge is 0.294 e. The molecule has 1 rings (SSSR count). The highest BCUT2D eigenvalue weighted by molar-refractivity contribution is 9.10. The van der Waals surface area contributed by atoms with E-state index in [1.807, 2.05) is 0 Å². The summed E-state index contributed by atoms with van der Waals surface area (Å²) in [6, 6.07) is 2.98. The van der Waals surface area contributed by atoms with E-state index in [1.54, 1.807) is 0 Å². The van der Waals surface area contributed by atoms with Gasteiger partial charge in [-0.2, -0.15) is 8.42 Å². The average molecular weight is 282 g/mol. The first-order chi connectivity index (χ1) is 6.30. The van der Waals surface area contributed by atoms with Gasteiger partial charge in [0.15, 0.2) is 0 Å². The Bertz CT molecular complexity index is 483. The molecule has 1 aromatic rings. The van der Waals surface area contributed by atoms with Crippen molar-refractivity contribution in [1.29, 1.82) is 0 Å². The summed E-state index contributed by atoms with van der Waals surface area (Å²) >= 11 is 2.89. The second kappa shape index (κ2) is 3.64. The Hall–Kier alpha value is -0.990. The van der Waals surface area contributed by atoms with Gasteiger partial charge < -0.3 is 0 Å². The monoisotopic (exact) mass is 281 g/mol. The zero-order valence-electron chi connectivity index (χ0n) is 6.55. The van der Waals surface area contributed by atoms with Crippen LogP contribution in [0.15, 0.2) is 27.6 Å². The van der Waals surface area contributed by atoms with Crippen molar-refractivity contribution in [3.05, 3.63) is 32.8 Å². The SMILES string of the molecule is O=[N+]([O-])c1cc(Br)cc(S(=O)(=O)O)c1. The summed E-state index contributed by atoms with van der Waals surface area (Å²) in [5.74, 6) is 0. The Morgan fingerprint density at radius 1 is 1.36 bits per heavy atom. The van der Waals surface area contributed by atoms with Crippen molar-refractivity contribution in [2.45, 2.75) is 4.90 Å². The number of rotatable bonds is 2. The fraction of sp³-hybridized carbons (Fsp3) is 0. The highest BCUT2D eigenvalue weighted by Crippen LogP contribution is 2.23. The van der Waals surface area contributed by atoms with Crippen LogP contribution in [-0.4, -0.2) is 17.9 Å². The summed E-state index contributed by atoms with van der Waals surface area (Å²) in [4.78, 5) is 9.07. The Morgan fingerprint density at radius 3 is 2.36 bits per heavy atom. The minimum Gasteiger partial charge on any atom is -0.282 e. The van der Waals surface area contributed by atoms with E-state index in [0.717, 1.165) is 18.2 Å². The lowest BCUT2D eigenvalue weighted by Crippen LogP contribution is -1.99. The number of benzene rings is 1. The van der Waals surface area contributed by atoms with E-state index in [-0.39, 0.29) is 4.47 Å². The Morgan fingerprint density at radius 2 is 1.93 bits per heavy atom. The lowest BCUT2D eigenvalue weighted by atomic mass is 10.3. The van der Waals surface area contributed by atoms with E-state index in [9.17, 15) is 18.5 Å². The molecule has 0 aliphatic heterocycles. The summed E-state index contributed by atoms with van der Waals surface area (Å²) in [6.07, 6.45) is 0. The molecule has 0 aromatic heterocycles. The molecule has 76 valence electrons. The molecule has 0 aliphatic rings. The van der Waals surface area contributed by atoms with Crippen molar-refractivity contribution >= 4 is 31.7 Å². The summed E-state index contributed by atoms with van der Waals surface area (Å²) < 4.78 is 30.2. The molecular formula is C6H4BrNO5S. The number of nitrogens with zero attached hydrogens (tertiary/aromatic N) is 1. The third-order valence-electron chi connectivity index (χ3n) is 1.36. The van der Waals surface area contributed by atoms with E-state index in [4.69, 9.17) is 4.55 Å². The van der Waals surface area contributed by atoms with Gasteiger partial charge in [0.1, 0.15) is 4.90 Å². The van der Waals surface area contributed by atoms with Crippen LogP contribution in [-0.2, 0) is 10.1 Å². The number of nitro benzene ring substituents is 1. The third kappa shape index (κ3) is 2.50. The number of halogens is 1. The van der Waals surface area contributed by atoms with Gasteiger partial charge >= 0.3 is 0 Å². The Labute approximate surface area is 87.6 Å². The van der Waals surface area contributed by atoms with Crippen molar-refractivity contribution < 1.29 is 17.9 Å².